The molecule has 1 saturated heterocycles. The molecule has 1 aliphatic heterocycles. The minimum Gasteiger partial charge on any atom is -0.497 e. The van der Waals surface area contributed by atoms with Gasteiger partial charge in [0, 0.05) is 41.9 Å². The first-order chi connectivity index (χ1) is 15.5. The number of benzene rings is 3. The first-order valence-electron chi connectivity index (χ1n) is 10.7. The maximum atomic E-state index is 13.6. The van der Waals surface area contributed by atoms with Gasteiger partial charge in [-0.05, 0) is 79.1 Å². The molecule has 3 aromatic carbocycles. The molecule has 1 aliphatic rings. The van der Waals surface area contributed by atoms with E-state index in [1.807, 2.05) is 29.2 Å². The topological polar surface area (TPSA) is 32.8 Å². The molecule has 0 N–H and O–H groups in total. The van der Waals surface area contributed by atoms with Crippen LogP contribution in [0.4, 0.5) is 10.1 Å². The van der Waals surface area contributed by atoms with Crippen LogP contribution in [0.1, 0.15) is 28.8 Å². The van der Waals surface area contributed by atoms with Crippen molar-refractivity contribution in [2.75, 3.05) is 25.1 Å². The van der Waals surface area contributed by atoms with Crippen LogP contribution < -0.4 is 9.64 Å². The van der Waals surface area contributed by atoms with Crippen LogP contribution >= 0.6 is 11.6 Å². The highest BCUT2D eigenvalue weighted by Gasteiger charge is 2.30. The Balaban J connectivity index is 1.50. The Morgan fingerprint density at radius 3 is 2.22 bits per heavy atom. The van der Waals surface area contributed by atoms with E-state index in [4.69, 9.17) is 16.3 Å². The van der Waals surface area contributed by atoms with E-state index in [0.29, 0.717) is 17.0 Å². The molecule has 0 radical (unpaired) electrons. The highest BCUT2D eigenvalue weighted by Crippen LogP contribution is 2.27. The second-order valence-corrected chi connectivity index (χ2v) is 8.45. The predicted molar refractivity (Wildman–Crippen MR) is 126 cm³/mol. The normalized spacial score (nSPS) is 14.8. The van der Waals surface area contributed by atoms with Gasteiger partial charge in [-0.2, -0.15) is 0 Å². The van der Waals surface area contributed by atoms with Gasteiger partial charge in [-0.15, -0.1) is 0 Å². The van der Waals surface area contributed by atoms with Gasteiger partial charge in [-0.25, -0.2) is 4.39 Å². The Hall–Kier alpha value is -2.89. The molecular weight excluding hydrogens is 427 g/mol. The van der Waals surface area contributed by atoms with Crippen LogP contribution in [-0.4, -0.2) is 37.0 Å². The lowest BCUT2D eigenvalue weighted by molar-refractivity contribution is 0.0958. The summed E-state index contributed by atoms with van der Waals surface area (Å²) in [6.07, 6.45) is 1.68. The van der Waals surface area contributed by atoms with Crippen LogP contribution in [0.2, 0.25) is 5.02 Å². The summed E-state index contributed by atoms with van der Waals surface area (Å²) in [5, 5.41) is 0.736. The fourth-order valence-electron chi connectivity index (χ4n) is 4.15. The highest BCUT2D eigenvalue weighted by atomic mass is 35.5. The molecular formula is C26H26ClFN2O2. The number of carbonyl (C=O) groups excluding carboxylic acids is 1. The second kappa shape index (κ2) is 10.2. The third-order valence-electron chi connectivity index (χ3n) is 5.90. The molecule has 0 aromatic heterocycles. The summed E-state index contributed by atoms with van der Waals surface area (Å²) >= 11 is 5.99. The Bertz CT molecular complexity index is 1030. The molecule has 0 saturated carbocycles. The van der Waals surface area contributed by atoms with E-state index >= 15 is 0 Å². The van der Waals surface area contributed by atoms with E-state index in [1.165, 1.54) is 17.7 Å². The molecule has 32 heavy (non-hydrogen) atoms. The first-order valence-corrected chi connectivity index (χ1v) is 11.1. The smallest absolute Gasteiger partial charge is 0.258 e. The van der Waals surface area contributed by atoms with Crippen LogP contribution in [0, 0.1) is 5.82 Å². The maximum Gasteiger partial charge on any atom is 0.258 e. The van der Waals surface area contributed by atoms with Crippen LogP contribution in [-0.2, 0) is 6.54 Å². The van der Waals surface area contributed by atoms with Gasteiger partial charge in [0.2, 0.25) is 0 Å². The summed E-state index contributed by atoms with van der Waals surface area (Å²) in [6.45, 7) is 2.61. The summed E-state index contributed by atoms with van der Waals surface area (Å²) in [6, 6.07) is 21.2. The van der Waals surface area contributed by atoms with Crippen LogP contribution in [0.15, 0.2) is 72.8 Å². The zero-order chi connectivity index (χ0) is 22.5. The average Bonchev–Trinajstić information content (AvgIpc) is 2.83. The summed E-state index contributed by atoms with van der Waals surface area (Å²) in [7, 11) is 1.60. The number of rotatable bonds is 6. The van der Waals surface area contributed by atoms with Crippen molar-refractivity contribution in [1.82, 2.24) is 4.90 Å². The van der Waals surface area contributed by atoms with E-state index in [9.17, 15) is 9.18 Å². The fraction of sp³-hybridized carbons (Fsp3) is 0.269. The van der Waals surface area contributed by atoms with E-state index in [2.05, 4.69) is 4.90 Å². The fourth-order valence-corrected chi connectivity index (χ4v) is 4.28. The number of likely N-dealkylation sites (tertiary alicyclic amines) is 1. The number of nitrogens with zero attached hydrogens (tertiary/aromatic N) is 2. The molecule has 1 amide bonds. The van der Waals surface area contributed by atoms with Gasteiger partial charge in [-0.3, -0.25) is 9.69 Å². The van der Waals surface area contributed by atoms with Crippen molar-refractivity contribution >= 4 is 23.2 Å². The lowest BCUT2D eigenvalue weighted by atomic mass is 10.00. The number of piperidine rings is 1. The summed E-state index contributed by atoms with van der Waals surface area (Å²) < 4.78 is 18.8. The predicted octanol–water partition coefficient (Wildman–Crippen LogP) is 5.80. The molecule has 1 fully saturated rings. The highest BCUT2D eigenvalue weighted by molar-refractivity contribution is 6.30. The number of ether oxygens (including phenoxy) is 1. The molecule has 0 aliphatic carbocycles. The molecule has 0 bridgehead atoms. The molecule has 4 nitrogen and oxygen atoms in total. The first kappa shape index (κ1) is 22.3. The zero-order valence-electron chi connectivity index (χ0n) is 18.0. The minimum atomic E-state index is -0.316. The Labute approximate surface area is 193 Å². The molecule has 1 heterocycles. The number of anilines is 1. The van der Waals surface area contributed by atoms with Gasteiger partial charge >= 0.3 is 0 Å². The number of hydrogen-bond acceptors (Lipinski definition) is 3. The van der Waals surface area contributed by atoms with Crippen LogP contribution in [0.3, 0.4) is 0 Å². The number of methoxy groups -OCH3 is 1. The number of amides is 1. The van der Waals surface area contributed by atoms with E-state index in [-0.39, 0.29) is 17.8 Å². The number of halogens is 2. The van der Waals surface area contributed by atoms with Gasteiger partial charge < -0.3 is 9.64 Å². The van der Waals surface area contributed by atoms with E-state index in [1.54, 1.807) is 43.5 Å². The summed E-state index contributed by atoms with van der Waals surface area (Å²) in [5.74, 6) is 0.296. The number of carbonyl (C=O) groups is 1. The van der Waals surface area contributed by atoms with Gasteiger partial charge in [0.1, 0.15) is 11.6 Å². The van der Waals surface area contributed by atoms with Crippen molar-refractivity contribution in [2.24, 2.45) is 0 Å². The third-order valence-corrected chi connectivity index (χ3v) is 6.15. The maximum absolute atomic E-state index is 13.6. The molecule has 0 spiro atoms. The molecule has 0 atom stereocenters. The standard InChI is InChI=1S/C26H26ClFN2O2/c1-32-25-12-4-20(5-13-25)26(31)30(23-10-8-22(28)9-11-23)24-14-16-29(17-15-24)18-19-2-6-21(27)7-3-19/h2-13,24H,14-18H2,1H3. The Kier molecular flexibility index (Phi) is 7.08. The van der Waals surface area contributed by atoms with Crippen molar-refractivity contribution in [3.63, 3.8) is 0 Å². The molecule has 3 aromatic rings. The quantitative estimate of drug-likeness (QED) is 0.474. The SMILES string of the molecule is COc1ccc(C(=O)N(c2ccc(F)cc2)C2CCN(Cc3ccc(Cl)cc3)CC2)cc1. The van der Waals surface area contributed by atoms with Crippen LogP contribution in [0.5, 0.6) is 5.75 Å². The zero-order valence-corrected chi connectivity index (χ0v) is 18.8. The molecule has 166 valence electrons. The van der Waals surface area contributed by atoms with E-state index in [0.717, 1.165) is 37.5 Å². The lowest BCUT2D eigenvalue weighted by Gasteiger charge is -2.38. The molecule has 0 unspecified atom stereocenters. The van der Waals surface area contributed by atoms with Gasteiger partial charge in [0.25, 0.3) is 5.91 Å². The number of hydrogen-bond donors (Lipinski definition) is 0. The van der Waals surface area contributed by atoms with Crippen molar-refractivity contribution < 1.29 is 13.9 Å². The third kappa shape index (κ3) is 5.29. The summed E-state index contributed by atoms with van der Waals surface area (Å²) in [5.41, 5.74) is 2.51. The van der Waals surface area contributed by atoms with Crippen molar-refractivity contribution in [3.8, 4) is 5.75 Å². The largest absolute Gasteiger partial charge is 0.497 e. The van der Waals surface area contributed by atoms with Gasteiger partial charge in [0.05, 0.1) is 7.11 Å². The minimum absolute atomic E-state index is 0.0385. The van der Waals surface area contributed by atoms with E-state index < -0.39 is 0 Å². The van der Waals surface area contributed by atoms with Crippen molar-refractivity contribution in [1.29, 1.82) is 0 Å². The monoisotopic (exact) mass is 452 g/mol. The Morgan fingerprint density at radius 2 is 1.62 bits per heavy atom. The Morgan fingerprint density at radius 1 is 1.00 bits per heavy atom. The molecule has 4 rings (SSSR count). The second-order valence-electron chi connectivity index (χ2n) is 8.01. The van der Waals surface area contributed by atoms with Crippen molar-refractivity contribution in [2.45, 2.75) is 25.4 Å². The van der Waals surface area contributed by atoms with Crippen molar-refractivity contribution in [3.05, 3.63) is 94.8 Å². The average molecular weight is 453 g/mol. The summed E-state index contributed by atoms with van der Waals surface area (Å²) in [4.78, 5) is 17.7. The molecule has 6 heteroatoms. The van der Waals surface area contributed by atoms with Gasteiger partial charge in [-0.1, -0.05) is 23.7 Å². The van der Waals surface area contributed by atoms with Gasteiger partial charge in [0.15, 0.2) is 0 Å². The lowest BCUT2D eigenvalue weighted by Crippen LogP contribution is -2.47. The van der Waals surface area contributed by atoms with Crippen LogP contribution in [0.25, 0.3) is 0 Å².